The third-order valence-electron chi connectivity index (χ3n) is 3.84. The Bertz CT molecular complexity index is 699. The maximum Gasteiger partial charge on any atom is 0.257 e. The van der Waals surface area contributed by atoms with E-state index in [0.717, 1.165) is 11.3 Å². The molecular formula is C12H15FN6O. The summed E-state index contributed by atoms with van der Waals surface area (Å²) < 4.78 is 15.9. The highest BCUT2D eigenvalue weighted by Gasteiger charge is 2.44. The standard InChI is InChI=1S/C12H15FN6O/c1-7-8(2)17-11-15-6-16-19(11)9(7)18-4-3-12(13,5-18)10(14)20/h6H,3-5H2,1-2H3,(H2,14,20). The number of nitrogens with two attached hydrogens (primary N) is 1. The fourth-order valence-corrected chi connectivity index (χ4v) is 2.54. The molecule has 1 aliphatic heterocycles. The summed E-state index contributed by atoms with van der Waals surface area (Å²) in [7, 11) is 0. The average molecular weight is 278 g/mol. The van der Waals surface area contributed by atoms with Crippen LogP contribution in [0.2, 0.25) is 0 Å². The van der Waals surface area contributed by atoms with Crippen LogP contribution in [0.1, 0.15) is 17.7 Å². The van der Waals surface area contributed by atoms with Gasteiger partial charge in [0, 0.05) is 24.2 Å². The largest absolute Gasteiger partial charge is 0.367 e. The van der Waals surface area contributed by atoms with E-state index in [-0.39, 0.29) is 13.0 Å². The molecule has 3 rings (SSSR count). The van der Waals surface area contributed by atoms with Gasteiger partial charge < -0.3 is 10.6 Å². The van der Waals surface area contributed by atoms with Crippen molar-refractivity contribution in [2.24, 2.45) is 5.73 Å². The summed E-state index contributed by atoms with van der Waals surface area (Å²) in [5.41, 5.74) is 4.84. The molecule has 8 heteroatoms. The Morgan fingerprint density at radius 2 is 2.25 bits per heavy atom. The number of anilines is 1. The lowest BCUT2D eigenvalue weighted by Crippen LogP contribution is -2.42. The summed E-state index contributed by atoms with van der Waals surface area (Å²) in [6.07, 6.45) is 1.48. The number of amides is 1. The van der Waals surface area contributed by atoms with Crippen molar-refractivity contribution < 1.29 is 9.18 Å². The van der Waals surface area contributed by atoms with Crippen LogP contribution in [-0.4, -0.2) is 44.2 Å². The molecule has 1 fully saturated rings. The second kappa shape index (κ2) is 4.12. The van der Waals surface area contributed by atoms with Gasteiger partial charge in [-0.1, -0.05) is 0 Å². The summed E-state index contributed by atoms with van der Waals surface area (Å²) in [5, 5.41) is 4.12. The van der Waals surface area contributed by atoms with Crippen LogP contribution in [0.4, 0.5) is 10.2 Å². The van der Waals surface area contributed by atoms with Crippen molar-refractivity contribution in [3.63, 3.8) is 0 Å². The molecule has 1 aliphatic rings. The molecule has 1 unspecified atom stereocenters. The predicted molar refractivity (Wildman–Crippen MR) is 70.1 cm³/mol. The lowest BCUT2D eigenvalue weighted by molar-refractivity contribution is -0.128. The molecule has 0 bridgehead atoms. The first-order valence-electron chi connectivity index (χ1n) is 6.33. The minimum atomic E-state index is -1.99. The molecular weight excluding hydrogens is 263 g/mol. The number of hydrogen-bond donors (Lipinski definition) is 1. The van der Waals surface area contributed by atoms with E-state index in [4.69, 9.17) is 5.73 Å². The molecule has 0 spiro atoms. The van der Waals surface area contributed by atoms with Crippen LogP contribution in [0.15, 0.2) is 6.33 Å². The van der Waals surface area contributed by atoms with E-state index in [1.165, 1.54) is 6.33 Å². The topological polar surface area (TPSA) is 89.4 Å². The average Bonchev–Trinajstić information content (AvgIpc) is 2.98. The summed E-state index contributed by atoms with van der Waals surface area (Å²) in [6.45, 7) is 4.09. The lowest BCUT2D eigenvalue weighted by Gasteiger charge is -2.22. The first-order chi connectivity index (χ1) is 9.42. The Balaban J connectivity index is 2.09. The van der Waals surface area contributed by atoms with Crippen LogP contribution in [0.25, 0.3) is 5.78 Å². The number of aromatic nitrogens is 4. The molecule has 2 aromatic heterocycles. The summed E-state index contributed by atoms with van der Waals surface area (Å²) >= 11 is 0. The van der Waals surface area contributed by atoms with Crippen LogP contribution in [0.5, 0.6) is 0 Å². The first-order valence-corrected chi connectivity index (χ1v) is 6.33. The predicted octanol–water partition coefficient (Wildman–Crippen LogP) is 0.145. The zero-order valence-corrected chi connectivity index (χ0v) is 11.3. The first kappa shape index (κ1) is 12.8. The molecule has 0 aliphatic carbocycles. The number of nitrogens with zero attached hydrogens (tertiary/aromatic N) is 5. The number of alkyl halides is 1. The van der Waals surface area contributed by atoms with Crippen LogP contribution in [0, 0.1) is 13.8 Å². The third-order valence-corrected chi connectivity index (χ3v) is 3.84. The van der Waals surface area contributed by atoms with Gasteiger partial charge in [-0.25, -0.2) is 9.37 Å². The molecule has 7 nitrogen and oxygen atoms in total. The summed E-state index contributed by atoms with van der Waals surface area (Å²) in [5.74, 6) is 0.252. The quantitative estimate of drug-likeness (QED) is 0.844. The van der Waals surface area contributed by atoms with Gasteiger partial charge >= 0.3 is 0 Å². The normalized spacial score (nSPS) is 22.6. The number of primary amides is 1. The minimum absolute atomic E-state index is 0.0679. The van der Waals surface area contributed by atoms with Gasteiger partial charge in [0.1, 0.15) is 12.1 Å². The lowest BCUT2D eigenvalue weighted by atomic mass is 10.1. The Morgan fingerprint density at radius 1 is 1.50 bits per heavy atom. The fourth-order valence-electron chi connectivity index (χ4n) is 2.54. The van der Waals surface area contributed by atoms with Crippen LogP contribution in [-0.2, 0) is 4.79 Å². The van der Waals surface area contributed by atoms with Gasteiger partial charge in [-0.2, -0.15) is 14.6 Å². The molecule has 2 N–H and O–H groups in total. The Morgan fingerprint density at radius 3 is 2.90 bits per heavy atom. The molecule has 1 saturated heterocycles. The van der Waals surface area contributed by atoms with E-state index < -0.39 is 11.6 Å². The zero-order chi connectivity index (χ0) is 14.5. The van der Waals surface area contributed by atoms with Crippen molar-refractivity contribution in [3.05, 3.63) is 17.6 Å². The van der Waals surface area contributed by atoms with E-state index in [9.17, 15) is 9.18 Å². The maximum atomic E-state index is 14.4. The van der Waals surface area contributed by atoms with E-state index in [0.29, 0.717) is 18.1 Å². The Kier molecular flexibility index (Phi) is 2.63. The van der Waals surface area contributed by atoms with E-state index in [1.54, 1.807) is 9.42 Å². The molecule has 0 saturated carbocycles. The van der Waals surface area contributed by atoms with Crippen molar-refractivity contribution in [2.45, 2.75) is 25.9 Å². The van der Waals surface area contributed by atoms with Crippen molar-refractivity contribution in [1.29, 1.82) is 0 Å². The van der Waals surface area contributed by atoms with E-state index in [1.807, 2.05) is 13.8 Å². The van der Waals surface area contributed by atoms with E-state index >= 15 is 0 Å². The molecule has 3 heterocycles. The Hall–Kier alpha value is -2.25. The summed E-state index contributed by atoms with van der Waals surface area (Å²) in [4.78, 5) is 21.4. The fraction of sp³-hybridized carbons (Fsp3) is 0.500. The Labute approximate surface area is 114 Å². The highest BCUT2D eigenvalue weighted by molar-refractivity contribution is 5.85. The number of fused-ring (bicyclic) bond motifs is 1. The van der Waals surface area contributed by atoms with Crippen LogP contribution < -0.4 is 10.6 Å². The monoisotopic (exact) mass is 278 g/mol. The molecule has 1 amide bonds. The number of hydrogen-bond acceptors (Lipinski definition) is 5. The van der Waals surface area contributed by atoms with Gasteiger partial charge in [-0.3, -0.25) is 4.79 Å². The number of carbonyl (C=O) groups excluding carboxylic acids is 1. The van der Waals surface area contributed by atoms with Crippen molar-refractivity contribution in [3.8, 4) is 0 Å². The number of rotatable bonds is 2. The number of carbonyl (C=O) groups is 1. The maximum absolute atomic E-state index is 14.4. The van der Waals surface area contributed by atoms with Gasteiger partial charge in [-0.15, -0.1) is 0 Å². The highest BCUT2D eigenvalue weighted by atomic mass is 19.1. The van der Waals surface area contributed by atoms with Gasteiger partial charge in [-0.05, 0) is 13.8 Å². The van der Waals surface area contributed by atoms with Gasteiger partial charge in [0.25, 0.3) is 11.7 Å². The third kappa shape index (κ3) is 1.71. The SMILES string of the molecule is Cc1nc2ncnn2c(N2CCC(F)(C(N)=O)C2)c1C. The van der Waals surface area contributed by atoms with Crippen molar-refractivity contribution in [1.82, 2.24) is 19.6 Å². The number of halogens is 1. The van der Waals surface area contributed by atoms with Gasteiger partial charge in [0.05, 0.1) is 6.54 Å². The molecule has 20 heavy (non-hydrogen) atoms. The second-order valence-electron chi connectivity index (χ2n) is 5.12. The van der Waals surface area contributed by atoms with Crippen LogP contribution in [0.3, 0.4) is 0 Å². The van der Waals surface area contributed by atoms with Crippen molar-refractivity contribution in [2.75, 3.05) is 18.0 Å². The molecule has 0 aromatic carbocycles. The smallest absolute Gasteiger partial charge is 0.257 e. The van der Waals surface area contributed by atoms with Crippen LogP contribution >= 0.6 is 0 Å². The number of aryl methyl sites for hydroxylation is 1. The molecule has 1 atom stereocenters. The van der Waals surface area contributed by atoms with Gasteiger partial charge in [0.15, 0.2) is 0 Å². The molecule has 2 aromatic rings. The second-order valence-corrected chi connectivity index (χ2v) is 5.12. The van der Waals surface area contributed by atoms with E-state index in [2.05, 4.69) is 15.1 Å². The highest BCUT2D eigenvalue weighted by Crippen LogP contribution is 2.32. The summed E-state index contributed by atoms with van der Waals surface area (Å²) in [6, 6.07) is 0. The zero-order valence-electron chi connectivity index (χ0n) is 11.3. The van der Waals surface area contributed by atoms with Gasteiger partial charge in [0.2, 0.25) is 5.67 Å². The minimum Gasteiger partial charge on any atom is -0.367 e. The molecule has 106 valence electrons. The van der Waals surface area contributed by atoms with Crippen molar-refractivity contribution >= 4 is 17.5 Å². The molecule has 0 radical (unpaired) electrons.